The molecule has 0 saturated carbocycles. The number of aryl methyl sites for hydroxylation is 1. The summed E-state index contributed by atoms with van der Waals surface area (Å²) in [4.78, 5) is 25.8. The van der Waals surface area contributed by atoms with Crippen molar-refractivity contribution >= 4 is 39.8 Å². The number of nitrogens with one attached hydrogen (secondary N) is 1. The summed E-state index contributed by atoms with van der Waals surface area (Å²) in [7, 11) is 0. The van der Waals surface area contributed by atoms with E-state index < -0.39 is 12.0 Å². The number of nitrogens with two attached hydrogens (primary N) is 1. The Morgan fingerprint density at radius 1 is 1.41 bits per heavy atom. The molecule has 3 N–H and O–H groups in total. The SMILES string of the molecule is Cc1cc(Cl)ccc1O[C@H](C)C(=O)Nc1sc2c(c1C(N)=O)CC[C@@H](C)C2. The summed E-state index contributed by atoms with van der Waals surface area (Å²) in [5.74, 6) is 0.338. The second kappa shape index (κ2) is 7.90. The first-order chi connectivity index (χ1) is 12.8. The monoisotopic (exact) mass is 406 g/mol. The maximum atomic E-state index is 12.6. The van der Waals surface area contributed by atoms with E-state index in [0.717, 1.165) is 35.3 Å². The second-order valence-electron chi connectivity index (χ2n) is 7.08. The molecule has 0 aliphatic heterocycles. The first-order valence-electron chi connectivity index (χ1n) is 8.94. The lowest BCUT2D eigenvalue weighted by molar-refractivity contribution is -0.122. The van der Waals surface area contributed by atoms with E-state index in [1.165, 1.54) is 11.3 Å². The first-order valence-corrected chi connectivity index (χ1v) is 10.1. The van der Waals surface area contributed by atoms with E-state index in [1.54, 1.807) is 25.1 Å². The molecule has 1 aromatic heterocycles. The first kappa shape index (κ1) is 19.7. The van der Waals surface area contributed by atoms with E-state index >= 15 is 0 Å². The van der Waals surface area contributed by atoms with Gasteiger partial charge in [-0.25, -0.2) is 0 Å². The number of fused-ring (bicyclic) bond motifs is 1. The van der Waals surface area contributed by atoms with Crippen LogP contribution in [0.15, 0.2) is 18.2 Å². The van der Waals surface area contributed by atoms with E-state index in [0.29, 0.717) is 27.3 Å². The summed E-state index contributed by atoms with van der Waals surface area (Å²) in [6.07, 6.45) is 2.01. The van der Waals surface area contributed by atoms with Gasteiger partial charge in [0.05, 0.1) is 5.56 Å². The van der Waals surface area contributed by atoms with E-state index in [4.69, 9.17) is 22.1 Å². The molecule has 0 radical (unpaired) electrons. The van der Waals surface area contributed by atoms with Crippen LogP contribution in [-0.2, 0) is 17.6 Å². The zero-order valence-electron chi connectivity index (χ0n) is 15.6. The molecule has 1 aromatic carbocycles. The minimum atomic E-state index is -0.733. The average molecular weight is 407 g/mol. The Labute approximate surface area is 167 Å². The van der Waals surface area contributed by atoms with E-state index in [9.17, 15) is 9.59 Å². The van der Waals surface area contributed by atoms with Gasteiger partial charge in [-0.3, -0.25) is 9.59 Å². The molecular weight excluding hydrogens is 384 g/mol. The van der Waals surface area contributed by atoms with Gasteiger partial charge in [0.1, 0.15) is 10.8 Å². The van der Waals surface area contributed by atoms with Crippen molar-refractivity contribution in [3.63, 3.8) is 0 Å². The summed E-state index contributed by atoms with van der Waals surface area (Å²) < 4.78 is 5.77. The number of anilines is 1. The van der Waals surface area contributed by atoms with Gasteiger partial charge in [-0.05, 0) is 68.4 Å². The van der Waals surface area contributed by atoms with Gasteiger partial charge in [-0.15, -0.1) is 11.3 Å². The Morgan fingerprint density at radius 2 is 2.15 bits per heavy atom. The number of ether oxygens (including phenoxy) is 1. The van der Waals surface area contributed by atoms with Crippen molar-refractivity contribution in [3.8, 4) is 5.75 Å². The standard InChI is InChI=1S/C20H23ClN2O3S/c1-10-4-6-14-16(8-10)27-20(17(14)18(22)24)23-19(25)12(3)26-15-7-5-13(21)9-11(15)2/h5,7,9-10,12H,4,6,8H2,1-3H3,(H2,22,24)(H,23,25)/t10-,12-/m1/s1. The van der Waals surface area contributed by atoms with E-state index in [1.807, 2.05) is 6.92 Å². The number of thiophene rings is 1. The van der Waals surface area contributed by atoms with E-state index in [-0.39, 0.29) is 5.91 Å². The van der Waals surface area contributed by atoms with Crippen LogP contribution in [0.25, 0.3) is 0 Å². The minimum absolute atomic E-state index is 0.321. The Kier molecular flexibility index (Phi) is 5.77. The molecule has 0 unspecified atom stereocenters. The number of hydrogen-bond donors (Lipinski definition) is 2. The van der Waals surface area contributed by atoms with Crippen LogP contribution in [0, 0.1) is 12.8 Å². The molecule has 0 spiro atoms. The summed E-state index contributed by atoms with van der Waals surface area (Å²) >= 11 is 7.40. The van der Waals surface area contributed by atoms with Crippen molar-refractivity contribution in [1.29, 1.82) is 0 Å². The second-order valence-corrected chi connectivity index (χ2v) is 8.62. The van der Waals surface area contributed by atoms with Crippen molar-refractivity contribution in [2.75, 3.05) is 5.32 Å². The van der Waals surface area contributed by atoms with Gasteiger partial charge in [0.15, 0.2) is 6.10 Å². The third-order valence-corrected chi connectivity index (χ3v) is 6.21. The molecular formula is C20H23ClN2O3S. The van der Waals surface area contributed by atoms with Crippen LogP contribution >= 0.6 is 22.9 Å². The number of rotatable bonds is 5. The minimum Gasteiger partial charge on any atom is -0.481 e. The number of amides is 2. The van der Waals surface area contributed by atoms with Crippen LogP contribution in [0.1, 0.15) is 46.6 Å². The van der Waals surface area contributed by atoms with Gasteiger partial charge >= 0.3 is 0 Å². The Morgan fingerprint density at radius 3 is 2.81 bits per heavy atom. The predicted octanol–water partition coefficient (Wildman–Crippen LogP) is 4.34. The largest absolute Gasteiger partial charge is 0.481 e. The highest BCUT2D eigenvalue weighted by atomic mass is 35.5. The number of hydrogen-bond acceptors (Lipinski definition) is 4. The molecule has 2 aromatic rings. The van der Waals surface area contributed by atoms with Gasteiger partial charge in [-0.2, -0.15) is 0 Å². The highest BCUT2D eigenvalue weighted by molar-refractivity contribution is 7.17. The Bertz CT molecular complexity index is 894. The average Bonchev–Trinajstić information content (AvgIpc) is 2.94. The molecule has 1 aliphatic carbocycles. The molecule has 3 rings (SSSR count). The molecule has 2 amide bonds. The third-order valence-electron chi connectivity index (χ3n) is 4.80. The molecule has 2 atom stereocenters. The fourth-order valence-electron chi connectivity index (χ4n) is 3.30. The molecule has 5 nitrogen and oxygen atoms in total. The number of carbonyl (C=O) groups is 2. The summed E-state index contributed by atoms with van der Waals surface area (Å²) in [6, 6.07) is 5.23. The van der Waals surface area contributed by atoms with Gasteiger partial charge in [0, 0.05) is 9.90 Å². The molecule has 7 heteroatoms. The summed E-state index contributed by atoms with van der Waals surface area (Å²) in [6.45, 7) is 5.73. The summed E-state index contributed by atoms with van der Waals surface area (Å²) in [5.41, 5.74) is 7.89. The maximum Gasteiger partial charge on any atom is 0.265 e. The van der Waals surface area contributed by atoms with Crippen LogP contribution in [0.3, 0.4) is 0 Å². The fourth-order valence-corrected chi connectivity index (χ4v) is 4.95. The van der Waals surface area contributed by atoms with Crippen molar-refractivity contribution < 1.29 is 14.3 Å². The smallest absolute Gasteiger partial charge is 0.265 e. The number of primary amides is 1. The molecule has 27 heavy (non-hydrogen) atoms. The molecule has 1 aliphatic rings. The van der Waals surface area contributed by atoms with Crippen molar-refractivity contribution in [2.45, 2.75) is 46.1 Å². The lowest BCUT2D eigenvalue weighted by atomic mass is 9.88. The van der Waals surface area contributed by atoms with E-state index in [2.05, 4.69) is 12.2 Å². The van der Waals surface area contributed by atoms with Crippen molar-refractivity contribution in [1.82, 2.24) is 0 Å². The molecule has 0 saturated heterocycles. The Hall–Kier alpha value is -2.05. The van der Waals surface area contributed by atoms with Crippen LogP contribution < -0.4 is 15.8 Å². The van der Waals surface area contributed by atoms with Gasteiger partial charge < -0.3 is 15.8 Å². The van der Waals surface area contributed by atoms with Crippen LogP contribution in [0.2, 0.25) is 5.02 Å². The number of benzene rings is 1. The number of carbonyl (C=O) groups excluding carboxylic acids is 2. The molecule has 0 bridgehead atoms. The lowest BCUT2D eigenvalue weighted by Gasteiger charge is -2.18. The highest BCUT2D eigenvalue weighted by Gasteiger charge is 2.28. The van der Waals surface area contributed by atoms with Crippen LogP contribution in [0.4, 0.5) is 5.00 Å². The maximum absolute atomic E-state index is 12.6. The fraction of sp³-hybridized carbons (Fsp3) is 0.400. The summed E-state index contributed by atoms with van der Waals surface area (Å²) in [5, 5.41) is 3.98. The highest BCUT2D eigenvalue weighted by Crippen LogP contribution is 2.39. The van der Waals surface area contributed by atoms with Gasteiger partial charge in [0.25, 0.3) is 11.8 Å². The third kappa shape index (κ3) is 4.28. The zero-order valence-corrected chi connectivity index (χ0v) is 17.2. The number of halogens is 1. The Balaban J connectivity index is 1.78. The zero-order chi connectivity index (χ0) is 19.7. The molecule has 0 fully saturated rings. The van der Waals surface area contributed by atoms with Crippen LogP contribution in [0.5, 0.6) is 5.75 Å². The molecule has 1 heterocycles. The van der Waals surface area contributed by atoms with Crippen LogP contribution in [-0.4, -0.2) is 17.9 Å². The van der Waals surface area contributed by atoms with Gasteiger partial charge in [0.2, 0.25) is 0 Å². The predicted molar refractivity (Wildman–Crippen MR) is 109 cm³/mol. The molecule has 144 valence electrons. The topological polar surface area (TPSA) is 81.4 Å². The van der Waals surface area contributed by atoms with Crippen molar-refractivity contribution in [3.05, 3.63) is 44.8 Å². The lowest BCUT2D eigenvalue weighted by Crippen LogP contribution is -2.31. The quantitative estimate of drug-likeness (QED) is 0.774. The van der Waals surface area contributed by atoms with Crippen molar-refractivity contribution in [2.24, 2.45) is 11.7 Å². The normalized spacial score (nSPS) is 17.1. The van der Waals surface area contributed by atoms with Gasteiger partial charge in [-0.1, -0.05) is 18.5 Å².